The van der Waals surface area contributed by atoms with Crippen molar-refractivity contribution in [1.82, 2.24) is 19.2 Å². The van der Waals surface area contributed by atoms with E-state index in [-0.39, 0.29) is 35.3 Å². The maximum atomic E-state index is 13.5. The van der Waals surface area contributed by atoms with Crippen LogP contribution in [0.4, 0.5) is 0 Å². The van der Waals surface area contributed by atoms with Crippen molar-refractivity contribution >= 4 is 16.0 Å². The van der Waals surface area contributed by atoms with Gasteiger partial charge in [-0.25, -0.2) is 17.9 Å². The van der Waals surface area contributed by atoms with Crippen LogP contribution in [0.25, 0.3) is 17.0 Å². The van der Waals surface area contributed by atoms with E-state index in [4.69, 9.17) is 14.0 Å². The van der Waals surface area contributed by atoms with Crippen LogP contribution in [0.1, 0.15) is 23.0 Å². The highest BCUT2D eigenvalue weighted by atomic mass is 32.2. The molecule has 2 aromatic carbocycles. The summed E-state index contributed by atoms with van der Waals surface area (Å²) < 4.78 is 45.3. The van der Waals surface area contributed by atoms with Gasteiger partial charge in [-0.3, -0.25) is 0 Å². The van der Waals surface area contributed by atoms with E-state index in [0.717, 1.165) is 5.69 Å². The van der Waals surface area contributed by atoms with Crippen molar-refractivity contribution in [2.45, 2.75) is 18.4 Å². The number of rotatable bonds is 9. The minimum atomic E-state index is -3.97. The lowest BCUT2D eigenvalue weighted by Crippen LogP contribution is -2.26. The number of nitrogens with zero attached hydrogens (tertiary/aromatic N) is 4. The van der Waals surface area contributed by atoms with E-state index < -0.39 is 16.0 Å². The topological polar surface area (TPSA) is 117 Å². The molecular weight excluding hydrogens is 472 g/mol. The van der Waals surface area contributed by atoms with Crippen LogP contribution in [-0.4, -0.2) is 54.4 Å². The van der Waals surface area contributed by atoms with Gasteiger partial charge >= 0.3 is 5.97 Å². The first kappa shape index (κ1) is 24.2. The molecule has 0 radical (unpaired) electrons. The van der Waals surface area contributed by atoms with Crippen LogP contribution < -0.4 is 4.74 Å². The summed E-state index contributed by atoms with van der Waals surface area (Å²) in [5.41, 5.74) is 1.99. The fourth-order valence-electron chi connectivity index (χ4n) is 3.42. The van der Waals surface area contributed by atoms with Crippen molar-refractivity contribution in [3.05, 3.63) is 78.2 Å². The first-order valence-electron chi connectivity index (χ1n) is 10.7. The van der Waals surface area contributed by atoms with Gasteiger partial charge in [0, 0.05) is 37.0 Å². The summed E-state index contributed by atoms with van der Waals surface area (Å²) in [4.78, 5) is 11.8. The largest absolute Gasteiger partial charge is 0.495 e. The zero-order valence-electron chi connectivity index (χ0n) is 19.4. The van der Waals surface area contributed by atoms with Gasteiger partial charge in [0.15, 0.2) is 11.5 Å². The first-order valence-corrected chi connectivity index (χ1v) is 12.1. The molecule has 0 fully saturated rings. The fourth-order valence-corrected chi connectivity index (χ4v) is 4.75. The van der Waals surface area contributed by atoms with Crippen molar-refractivity contribution in [2.75, 3.05) is 20.8 Å². The molecule has 4 aromatic rings. The maximum absolute atomic E-state index is 13.5. The molecule has 2 heterocycles. The van der Waals surface area contributed by atoms with Crippen LogP contribution in [-0.2, 0) is 21.3 Å². The number of hydrogen-bond acceptors (Lipinski definition) is 8. The highest BCUT2D eigenvalue weighted by Gasteiger charge is 2.27. The molecule has 0 saturated heterocycles. The van der Waals surface area contributed by atoms with Gasteiger partial charge in [0.05, 0.1) is 25.6 Å². The number of para-hydroxylation sites is 1. The van der Waals surface area contributed by atoms with Crippen LogP contribution in [0.3, 0.4) is 0 Å². The highest BCUT2D eigenvalue weighted by molar-refractivity contribution is 7.89. The Morgan fingerprint density at radius 3 is 2.63 bits per heavy atom. The minimum Gasteiger partial charge on any atom is -0.495 e. The lowest BCUT2D eigenvalue weighted by molar-refractivity contribution is 0.0514. The zero-order valence-corrected chi connectivity index (χ0v) is 20.2. The average molecular weight is 497 g/mol. The van der Waals surface area contributed by atoms with Gasteiger partial charge in [0.2, 0.25) is 10.0 Å². The third-order valence-corrected chi connectivity index (χ3v) is 7.02. The van der Waals surface area contributed by atoms with E-state index in [1.165, 1.54) is 36.7 Å². The Balaban J connectivity index is 1.60. The van der Waals surface area contributed by atoms with Crippen molar-refractivity contribution in [3.8, 4) is 22.8 Å². The molecular formula is C24H24N4O6S. The van der Waals surface area contributed by atoms with E-state index in [1.54, 1.807) is 30.1 Å². The summed E-state index contributed by atoms with van der Waals surface area (Å²) in [5.74, 6) is -0.232. The van der Waals surface area contributed by atoms with Gasteiger partial charge < -0.3 is 14.0 Å². The van der Waals surface area contributed by atoms with Gasteiger partial charge in [-0.2, -0.15) is 9.40 Å². The number of benzene rings is 2. The second kappa shape index (κ2) is 10.1. The number of esters is 1. The Hall–Kier alpha value is -3.96. The normalized spacial score (nSPS) is 11.5. The van der Waals surface area contributed by atoms with Gasteiger partial charge in [-0.15, -0.1) is 0 Å². The second-order valence-electron chi connectivity index (χ2n) is 7.55. The van der Waals surface area contributed by atoms with Crippen LogP contribution >= 0.6 is 0 Å². The van der Waals surface area contributed by atoms with Crippen molar-refractivity contribution in [2.24, 2.45) is 0 Å². The van der Waals surface area contributed by atoms with E-state index in [2.05, 4.69) is 10.3 Å². The Kier molecular flexibility index (Phi) is 6.99. The molecule has 0 amide bonds. The van der Waals surface area contributed by atoms with Crippen LogP contribution in [0.15, 0.2) is 76.4 Å². The molecule has 2 aromatic heterocycles. The smallest absolute Gasteiger partial charge is 0.360 e. The lowest BCUT2D eigenvalue weighted by atomic mass is 10.1. The predicted octanol–water partition coefficient (Wildman–Crippen LogP) is 3.53. The summed E-state index contributed by atoms with van der Waals surface area (Å²) in [6.07, 6.45) is 3.40. The molecule has 0 bridgehead atoms. The summed E-state index contributed by atoms with van der Waals surface area (Å²) in [6.45, 7) is 1.98. The number of carbonyl (C=O) groups is 1. The molecule has 0 aliphatic heterocycles. The first-order chi connectivity index (χ1) is 16.8. The van der Waals surface area contributed by atoms with Crippen LogP contribution in [0.5, 0.6) is 5.75 Å². The molecule has 0 unspecified atom stereocenters. The molecule has 0 aliphatic rings. The monoisotopic (exact) mass is 496 g/mol. The molecule has 0 saturated carbocycles. The van der Waals surface area contributed by atoms with Crippen LogP contribution in [0.2, 0.25) is 0 Å². The number of methoxy groups -OCH3 is 1. The lowest BCUT2D eigenvalue weighted by Gasteiger charge is -2.18. The zero-order chi connectivity index (χ0) is 25.0. The van der Waals surface area contributed by atoms with E-state index >= 15 is 0 Å². The molecule has 10 nitrogen and oxygen atoms in total. The molecule has 0 atom stereocenters. The van der Waals surface area contributed by atoms with Gasteiger partial charge in [0.1, 0.15) is 10.6 Å². The van der Waals surface area contributed by atoms with Crippen molar-refractivity contribution < 1.29 is 27.2 Å². The number of aromatic nitrogens is 3. The molecule has 11 heteroatoms. The van der Waals surface area contributed by atoms with Crippen molar-refractivity contribution in [1.29, 1.82) is 0 Å². The summed E-state index contributed by atoms with van der Waals surface area (Å²) in [6, 6.07) is 15.5. The number of ether oxygens (including phenoxy) is 2. The molecule has 0 spiro atoms. The Labute approximate surface area is 202 Å². The Morgan fingerprint density at radius 1 is 1.14 bits per heavy atom. The third kappa shape index (κ3) is 5.10. The van der Waals surface area contributed by atoms with E-state index in [9.17, 15) is 13.2 Å². The minimum absolute atomic E-state index is 0.00498. The fraction of sp³-hybridized carbons (Fsp3) is 0.208. The molecule has 4 rings (SSSR count). The van der Waals surface area contributed by atoms with E-state index in [0.29, 0.717) is 11.1 Å². The number of sulfonamides is 1. The van der Waals surface area contributed by atoms with Crippen LogP contribution in [0, 0.1) is 0 Å². The number of carbonyl (C=O) groups excluding carboxylic acids is 1. The third-order valence-electron chi connectivity index (χ3n) is 5.19. The Morgan fingerprint density at radius 2 is 1.91 bits per heavy atom. The molecule has 35 heavy (non-hydrogen) atoms. The second-order valence-corrected chi connectivity index (χ2v) is 9.57. The van der Waals surface area contributed by atoms with Gasteiger partial charge in [-0.1, -0.05) is 23.4 Å². The Bertz CT molecular complexity index is 1430. The molecule has 0 N–H and O–H groups in total. The van der Waals surface area contributed by atoms with Crippen molar-refractivity contribution in [3.63, 3.8) is 0 Å². The SMILES string of the molecule is CCOC(=O)c1cc(-c2ccc(OC)c(S(=O)(=O)N(C)Cc3cnn(-c4ccccc4)c3)c2)on1. The molecule has 182 valence electrons. The maximum Gasteiger partial charge on any atom is 0.360 e. The van der Waals surface area contributed by atoms with Gasteiger partial charge in [-0.05, 0) is 37.3 Å². The van der Waals surface area contributed by atoms with E-state index in [1.807, 2.05) is 30.3 Å². The van der Waals surface area contributed by atoms with Gasteiger partial charge in [0.25, 0.3) is 0 Å². The average Bonchev–Trinajstić information content (AvgIpc) is 3.55. The quantitative estimate of drug-likeness (QED) is 0.323. The molecule has 0 aliphatic carbocycles. The highest BCUT2D eigenvalue weighted by Crippen LogP contribution is 2.32. The summed E-state index contributed by atoms with van der Waals surface area (Å²) >= 11 is 0. The standard InChI is InChI=1S/C24H24N4O6S/c1-4-33-24(29)20-13-22(34-26-20)18-10-11-21(32-3)23(12-18)35(30,31)27(2)15-17-14-25-28(16-17)19-8-6-5-7-9-19/h5-14,16H,4,15H2,1-3H3. The number of hydrogen-bond donors (Lipinski definition) is 0. The predicted molar refractivity (Wildman–Crippen MR) is 127 cm³/mol. The summed E-state index contributed by atoms with van der Waals surface area (Å²) in [7, 11) is -1.09. The summed E-state index contributed by atoms with van der Waals surface area (Å²) in [5, 5.41) is 8.04.